The maximum atomic E-state index is 12.7. The third-order valence-electron chi connectivity index (χ3n) is 4.78. The number of aromatic nitrogens is 2. The minimum Gasteiger partial charge on any atom is -0.443 e. The van der Waals surface area contributed by atoms with Crippen LogP contribution in [0.5, 0.6) is 0 Å². The average molecular weight is 331 g/mol. The van der Waals surface area contributed by atoms with Crippen LogP contribution in [0.4, 0.5) is 5.82 Å². The predicted molar refractivity (Wildman–Crippen MR) is 91.9 cm³/mol. The molecule has 6 nitrogen and oxygen atoms in total. The van der Waals surface area contributed by atoms with Crippen molar-refractivity contribution < 1.29 is 13.9 Å². The van der Waals surface area contributed by atoms with Crippen molar-refractivity contribution in [2.24, 2.45) is 0 Å². The molecular formula is C18H25N3O3. The van der Waals surface area contributed by atoms with Crippen LogP contribution < -0.4 is 5.32 Å². The van der Waals surface area contributed by atoms with E-state index in [1.54, 1.807) is 0 Å². The predicted octanol–water partition coefficient (Wildman–Crippen LogP) is 3.91. The van der Waals surface area contributed by atoms with E-state index in [9.17, 15) is 4.79 Å². The number of nitrogens with one attached hydrogen (secondary N) is 1. The van der Waals surface area contributed by atoms with E-state index < -0.39 is 6.10 Å². The average Bonchev–Trinajstić information content (AvgIpc) is 2.89. The number of hydrogen-bond donors (Lipinski definition) is 1. The molecule has 2 aromatic heterocycles. The first-order valence-corrected chi connectivity index (χ1v) is 8.77. The van der Waals surface area contributed by atoms with Crippen molar-refractivity contribution in [2.75, 3.05) is 5.32 Å². The van der Waals surface area contributed by atoms with Crippen molar-refractivity contribution in [1.29, 1.82) is 0 Å². The lowest BCUT2D eigenvalue weighted by molar-refractivity contribution is -0.132. The van der Waals surface area contributed by atoms with Gasteiger partial charge in [-0.1, -0.05) is 26.2 Å². The summed E-state index contributed by atoms with van der Waals surface area (Å²) in [5.74, 6) is 1.12. The molecule has 0 aromatic carbocycles. The normalized spacial score (nSPS) is 17.1. The van der Waals surface area contributed by atoms with Crippen molar-refractivity contribution >= 4 is 22.8 Å². The van der Waals surface area contributed by atoms with Crippen LogP contribution >= 0.6 is 0 Å². The molecule has 1 amide bonds. The zero-order valence-corrected chi connectivity index (χ0v) is 14.6. The summed E-state index contributed by atoms with van der Waals surface area (Å²) in [6, 6.07) is 0. The SMILES string of the molecule is CCC(OC1CCCCC1)C(=O)Nc1ncnc2oc(C)c(C)c12. The van der Waals surface area contributed by atoms with Gasteiger partial charge in [-0.25, -0.2) is 9.97 Å². The molecule has 6 heteroatoms. The number of nitrogens with zero attached hydrogens (tertiary/aromatic N) is 2. The quantitative estimate of drug-likeness (QED) is 0.899. The maximum absolute atomic E-state index is 12.7. The van der Waals surface area contributed by atoms with Crippen LogP contribution in [-0.4, -0.2) is 28.1 Å². The van der Waals surface area contributed by atoms with Gasteiger partial charge in [-0.3, -0.25) is 4.79 Å². The van der Waals surface area contributed by atoms with Gasteiger partial charge in [0.15, 0.2) is 0 Å². The number of carbonyl (C=O) groups is 1. The number of amides is 1. The Kier molecular flexibility index (Phi) is 5.14. The first kappa shape index (κ1) is 16.9. The number of hydrogen-bond acceptors (Lipinski definition) is 5. The fourth-order valence-electron chi connectivity index (χ4n) is 3.25. The molecule has 3 rings (SSSR count). The van der Waals surface area contributed by atoms with Crippen molar-refractivity contribution in [3.05, 3.63) is 17.7 Å². The lowest BCUT2D eigenvalue weighted by Crippen LogP contribution is -2.34. The van der Waals surface area contributed by atoms with Crippen LogP contribution in [0.15, 0.2) is 10.7 Å². The number of aryl methyl sites for hydroxylation is 2. The van der Waals surface area contributed by atoms with E-state index in [1.165, 1.54) is 25.6 Å². The summed E-state index contributed by atoms with van der Waals surface area (Å²) >= 11 is 0. The van der Waals surface area contributed by atoms with Crippen molar-refractivity contribution in [3.63, 3.8) is 0 Å². The van der Waals surface area contributed by atoms with E-state index in [1.807, 2.05) is 20.8 Å². The Morgan fingerprint density at radius 2 is 2.08 bits per heavy atom. The highest BCUT2D eigenvalue weighted by Gasteiger charge is 2.25. The Bertz CT molecular complexity index is 720. The maximum Gasteiger partial charge on any atom is 0.254 e. The number of anilines is 1. The molecule has 1 unspecified atom stereocenters. The summed E-state index contributed by atoms with van der Waals surface area (Å²) in [4.78, 5) is 21.0. The van der Waals surface area contributed by atoms with E-state index in [0.29, 0.717) is 18.0 Å². The number of furan rings is 1. The van der Waals surface area contributed by atoms with Gasteiger partial charge in [0.1, 0.15) is 24.0 Å². The smallest absolute Gasteiger partial charge is 0.254 e. The van der Waals surface area contributed by atoms with Crippen LogP contribution in [-0.2, 0) is 9.53 Å². The van der Waals surface area contributed by atoms with Crippen molar-refractivity contribution in [2.45, 2.75) is 71.5 Å². The van der Waals surface area contributed by atoms with Crippen molar-refractivity contribution in [3.8, 4) is 0 Å². The van der Waals surface area contributed by atoms with Gasteiger partial charge in [-0.05, 0) is 33.1 Å². The standard InChI is InChI=1S/C18H25N3O3/c1-4-14(24-13-8-6-5-7-9-13)17(22)21-16-15-11(2)12(3)23-18(15)20-10-19-16/h10,13-14H,4-9H2,1-3H3,(H,19,20,21,22). The fourth-order valence-corrected chi connectivity index (χ4v) is 3.25. The molecule has 1 N–H and O–H groups in total. The molecular weight excluding hydrogens is 306 g/mol. The largest absolute Gasteiger partial charge is 0.443 e. The van der Waals surface area contributed by atoms with Gasteiger partial charge >= 0.3 is 0 Å². The van der Waals surface area contributed by atoms with Gasteiger partial charge in [0.05, 0.1) is 11.5 Å². The molecule has 1 saturated carbocycles. The highest BCUT2D eigenvalue weighted by molar-refractivity contribution is 6.01. The molecule has 0 aliphatic heterocycles. The first-order chi connectivity index (χ1) is 11.6. The van der Waals surface area contributed by atoms with Gasteiger partial charge in [-0.2, -0.15) is 0 Å². The first-order valence-electron chi connectivity index (χ1n) is 8.77. The molecule has 130 valence electrons. The molecule has 24 heavy (non-hydrogen) atoms. The molecule has 0 bridgehead atoms. The van der Waals surface area contributed by atoms with Gasteiger partial charge in [0.25, 0.3) is 5.91 Å². The van der Waals surface area contributed by atoms with E-state index in [4.69, 9.17) is 9.15 Å². The fraction of sp³-hybridized carbons (Fsp3) is 0.611. The second-order valence-electron chi connectivity index (χ2n) is 6.47. The number of fused-ring (bicyclic) bond motifs is 1. The van der Waals surface area contributed by atoms with Crippen LogP contribution in [0.1, 0.15) is 56.8 Å². The molecule has 1 aliphatic rings. The highest BCUT2D eigenvalue weighted by Crippen LogP contribution is 2.28. The summed E-state index contributed by atoms with van der Waals surface area (Å²) in [6.07, 6.45) is 7.50. The Morgan fingerprint density at radius 3 is 2.79 bits per heavy atom. The minimum atomic E-state index is -0.452. The third-order valence-corrected chi connectivity index (χ3v) is 4.78. The van der Waals surface area contributed by atoms with E-state index >= 15 is 0 Å². The zero-order valence-electron chi connectivity index (χ0n) is 14.6. The molecule has 1 atom stereocenters. The lowest BCUT2D eigenvalue weighted by Gasteiger charge is -2.26. The molecule has 0 saturated heterocycles. The number of rotatable bonds is 5. The van der Waals surface area contributed by atoms with Gasteiger partial charge in [0, 0.05) is 5.56 Å². The molecule has 1 fully saturated rings. The summed E-state index contributed by atoms with van der Waals surface area (Å²) in [7, 11) is 0. The Labute approximate surface area is 142 Å². The Hall–Kier alpha value is -1.95. The van der Waals surface area contributed by atoms with E-state index in [-0.39, 0.29) is 12.0 Å². The van der Waals surface area contributed by atoms with E-state index in [0.717, 1.165) is 29.6 Å². The molecule has 2 heterocycles. The minimum absolute atomic E-state index is 0.152. The van der Waals surface area contributed by atoms with Crippen LogP contribution in [0, 0.1) is 13.8 Å². The summed E-state index contributed by atoms with van der Waals surface area (Å²) in [6.45, 7) is 5.79. The van der Waals surface area contributed by atoms with Crippen LogP contribution in [0.25, 0.3) is 11.1 Å². The monoisotopic (exact) mass is 331 g/mol. The molecule has 0 radical (unpaired) electrons. The summed E-state index contributed by atoms with van der Waals surface area (Å²) in [5, 5.41) is 3.66. The molecule has 2 aromatic rings. The highest BCUT2D eigenvalue weighted by atomic mass is 16.5. The Balaban J connectivity index is 1.75. The van der Waals surface area contributed by atoms with Gasteiger partial charge in [-0.15, -0.1) is 0 Å². The zero-order chi connectivity index (χ0) is 17.1. The summed E-state index contributed by atoms with van der Waals surface area (Å²) < 4.78 is 11.6. The topological polar surface area (TPSA) is 77.2 Å². The van der Waals surface area contributed by atoms with Gasteiger partial charge in [0.2, 0.25) is 5.71 Å². The Morgan fingerprint density at radius 1 is 1.33 bits per heavy atom. The number of carbonyl (C=O) groups excluding carboxylic acids is 1. The second-order valence-corrected chi connectivity index (χ2v) is 6.47. The summed E-state index contributed by atoms with van der Waals surface area (Å²) in [5.41, 5.74) is 1.44. The molecule has 0 spiro atoms. The second kappa shape index (κ2) is 7.30. The third kappa shape index (κ3) is 3.43. The van der Waals surface area contributed by atoms with Crippen LogP contribution in [0.2, 0.25) is 0 Å². The lowest BCUT2D eigenvalue weighted by atomic mass is 9.97. The van der Waals surface area contributed by atoms with Crippen molar-refractivity contribution in [1.82, 2.24) is 9.97 Å². The molecule has 1 aliphatic carbocycles. The van der Waals surface area contributed by atoms with E-state index in [2.05, 4.69) is 15.3 Å². The van der Waals surface area contributed by atoms with Crippen LogP contribution in [0.3, 0.4) is 0 Å². The van der Waals surface area contributed by atoms with Gasteiger partial charge < -0.3 is 14.5 Å². The number of ether oxygens (including phenoxy) is 1.